The summed E-state index contributed by atoms with van der Waals surface area (Å²) in [7, 11) is -3.07. The lowest BCUT2D eigenvalue weighted by Gasteiger charge is -2.54. The molecule has 134 valence electrons. The summed E-state index contributed by atoms with van der Waals surface area (Å²) in [5, 5.41) is 0. The van der Waals surface area contributed by atoms with E-state index in [1.807, 2.05) is 30.3 Å². The van der Waals surface area contributed by atoms with Crippen LogP contribution in [0.1, 0.15) is 26.7 Å². The highest BCUT2D eigenvalue weighted by Crippen LogP contribution is 2.36. The van der Waals surface area contributed by atoms with Crippen LogP contribution in [-0.4, -0.2) is 61.7 Å². The minimum Gasteiger partial charge on any atom is -0.487 e. The number of nitrogens with zero attached hydrogens (tertiary/aromatic N) is 2. The van der Waals surface area contributed by atoms with Crippen LogP contribution in [0.3, 0.4) is 0 Å². The summed E-state index contributed by atoms with van der Waals surface area (Å²) in [6.07, 6.45) is 3.33. The Morgan fingerprint density at radius 1 is 1.12 bits per heavy atom. The van der Waals surface area contributed by atoms with Gasteiger partial charge in [-0.3, -0.25) is 4.90 Å². The molecule has 2 fully saturated rings. The third-order valence-electron chi connectivity index (χ3n) is 5.30. The molecule has 1 aromatic rings. The summed E-state index contributed by atoms with van der Waals surface area (Å²) in [6, 6.07) is 10.8. The molecule has 0 amide bonds. The van der Waals surface area contributed by atoms with Gasteiger partial charge >= 0.3 is 0 Å². The first-order chi connectivity index (χ1) is 11.4. The number of likely N-dealkylation sites (tertiary alicyclic amines) is 1. The Morgan fingerprint density at radius 3 is 2.29 bits per heavy atom. The Kier molecular flexibility index (Phi) is 5.18. The van der Waals surface area contributed by atoms with Crippen LogP contribution in [0.2, 0.25) is 0 Å². The molecule has 2 saturated heterocycles. The molecule has 0 N–H and O–H groups in total. The molecule has 1 aromatic carbocycles. The molecule has 0 bridgehead atoms. The predicted molar refractivity (Wildman–Crippen MR) is 95.6 cm³/mol. The maximum absolute atomic E-state index is 11.7. The summed E-state index contributed by atoms with van der Waals surface area (Å²) >= 11 is 0. The van der Waals surface area contributed by atoms with E-state index in [-0.39, 0.29) is 6.10 Å². The lowest BCUT2D eigenvalue weighted by molar-refractivity contribution is -0.0971. The van der Waals surface area contributed by atoms with Crippen LogP contribution in [0.5, 0.6) is 5.75 Å². The monoisotopic (exact) mass is 352 g/mol. The van der Waals surface area contributed by atoms with Gasteiger partial charge in [-0.1, -0.05) is 18.2 Å². The molecule has 2 aliphatic rings. The van der Waals surface area contributed by atoms with Crippen molar-refractivity contribution >= 4 is 10.0 Å². The number of rotatable bonds is 5. The number of para-hydroxylation sites is 1. The summed E-state index contributed by atoms with van der Waals surface area (Å²) in [4.78, 5) is 2.49. The van der Waals surface area contributed by atoms with E-state index in [0.717, 1.165) is 25.1 Å². The summed E-state index contributed by atoms with van der Waals surface area (Å²) in [6.45, 7) is 6.65. The fourth-order valence-corrected chi connectivity index (χ4v) is 4.85. The van der Waals surface area contributed by atoms with Gasteiger partial charge in [0.15, 0.2) is 0 Å². The first kappa shape index (κ1) is 17.7. The quantitative estimate of drug-likeness (QED) is 0.815. The first-order valence-corrected chi connectivity index (χ1v) is 10.6. The second-order valence-corrected chi connectivity index (χ2v) is 9.23. The van der Waals surface area contributed by atoms with Gasteiger partial charge in [-0.05, 0) is 44.7 Å². The molecule has 0 aliphatic carbocycles. The van der Waals surface area contributed by atoms with Gasteiger partial charge in [-0.25, -0.2) is 12.7 Å². The molecule has 2 aliphatic heterocycles. The Balaban J connectivity index is 1.66. The van der Waals surface area contributed by atoms with E-state index in [2.05, 4.69) is 18.7 Å². The molecule has 24 heavy (non-hydrogen) atoms. The molecule has 5 nitrogen and oxygen atoms in total. The normalized spacial score (nSPS) is 27.2. The molecule has 0 radical (unpaired) electrons. The van der Waals surface area contributed by atoms with Gasteiger partial charge in [0, 0.05) is 25.7 Å². The number of sulfonamides is 1. The smallest absolute Gasteiger partial charge is 0.211 e. The zero-order valence-electron chi connectivity index (χ0n) is 14.8. The Labute approximate surface area is 145 Å². The predicted octanol–water partition coefficient (Wildman–Crippen LogP) is 2.20. The summed E-state index contributed by atoms with van der Waals surface area (Å²) < 4.78 is 31.3. The fourth-order valence-electron chi connectivity index (χ4n) is 3.97. The summed E-state index contributed by atoms with van der Waals surface area (Å²) in [5.41, 5.74) is 0. The number of hydrogen-bond acceptors (Lipinski definition) is 4. The van der Waals surface area contributed by atoms with E-state index in [1.165, 1.54) is 6.26 Å². The van der Waals surface area contributed by atoms with Crippen molar-refractivity contribution in [1.82, 2.24) is 9.21 Å². The fraction of sp³-hybridized carbons (Fsp3) is 0.667. The Hall–Kier alpha value is -1.11. The van der Waals surface area contributed by atoms with E-state index < -0.39 is 10.0 Å². The van der Waals surface area contributed by atoms with Crippen LogP contribution in [0.25, 0.3) is 0 Å². The van der Waals surface area contributed by atoms with Gasteiger partial charge in [0.2, 0.25) is 10.0 Å². The highest BCUT2D eigenvalue weighted by molar-refractivity contribution is 7.88. The maximum Gasteiger partial charge on any atom is 0.211 e. The van der Waals surface area contributed by atoms with Gasteiger partial charge in [0.25, 0.3) is 0 Å². The molecular formula is C18H28N2O3S. The molecule has 0 saturated carbocycles. The van der Waals surface area contributed by atoms with Crippen LogP contribution in [0.4, 0.5) is 0 Å². The van der Waals surface area contributed by atoms with Crippen LogP contribution >= 0.6 is 0 Å². The van der Waals surface area contributed by atoms with E-state index >= 15 is 0 Å². The molecule has 2 atom stereocenters. The molecule has 2 heterocycles. The van der Waals surface area contributed by atoms with Crippen molar-refractivity contribution in [3.05, 3.63) is 30.3 Å². The molecule has 0 spiro atoms. The van der Waals surface area contributed by atoms with Crippen molar-refractivity contribution in [2.24, 2.45) is 5.92 Å². The molecule has 3 rings (SSSR count). The van der Waals surface area contributed by atoms with E-state index in [4.69, 9.17) is 4.74 Å². The number of ether oxygens (including phenoxy) is 1. The van der Waals surface area contributed by atoms with Crippen LogP contribution in [-0.2, 0) is 10.0 Å². The number of hydrogen-bond donors (Lipinski definition) is 0. The Bertz CT molecular complexity index is 639. The average molecular weight is 353 g/mol. The Morgan fingerprint density at radius 2 is 1.75 bits per heavy atom. The molecule has 0 unspecified atom stereocenters. The number of benzene rings is 1. The van der Waals surface area contributed by atoms with Crippen molar-refractivity contribution in [3.8, 4) is 5.75 Å². The zero-order chi connectivity index (χ0) is 17.3. The minimum absolute atomic E-state index is 0.199. The average Bonchev–Trinajstić information content (AvgIpc) is 2.51. The second kappa shape index (κ2) is 7.02. The SMILES string of the molecule is CC(C)N1C[C@H](Oc2ccccc2)[C@@H]1C1CCN(S(C)(=O)=O)CC1. The third kappa shape index (κ3) is 3.76. The first-order valence-electron chi connectivity index (χ1n) is 8.79. The van der Waals surface area contributed by atoms with Gasteiger partial charge in [0.1, 0.15) is 11.9 Å². The van der Waals surface area contributed by atoms with Crippen molar-refractivity contribution in [2.45, 2.75) is 44.9 Å². The topological polar surface area (TPSA) is 49.9 Å². The third-order valence-corrected chi connectivity index (χ3v) is 6.60. The van der Waals surface area contributed by atoms with Gasteiger partial charge in [-0.15, -0.1) is 0 Å². The van der Waals surface area contributed by atoms with E-state index in [9.17, 15) is 8.42 Å². The molecule has 0 aromatic heterocycles. The minimum atomic E-state index is -3.07. The second-order valence-electron chi connectivity index (χ2n) is 7.25. The molecular weight excluding hydrogens is 324 g/mol. The standard InChI is InChI=1S/C18H28N2O3S/c1-14(2)20-13-17(23-16-7-5-4-6-8-16)18(20)15-9-11-19(12-10-15)24(3,21)22/h4-8,14-15,17-18H,9-13H2,1-3H3/t17-,18-/m0/s1. The largest absolute Gasteiger partial charge is 0.487 e. The van der Waals surface area contributed by atoms with Crippen molar-refractivity contribution in [2.75, 3.05) is 25.9 Å². The van der Waals surface area contributed by atoms with Crippen molar-refractivity contribution in [1.29, 1.82) is 0 Å². The summed E-state index contributed by atoms with van der Waals surface area (Å²) in [5.74, 6) is 1.41. The van der Waals surface area contributed by atoms with Crippen LogP contribution in [0.15, 0.2) is 30.3 Å². The van der Waals surface area contributed by atoms with Crippen LogP contribution < -0.4 is 4.74 Å². The van der Waals surface area contributed by atoms with Crippen molar-refractivity contribution < 1.29 is 13.2 Å². The highest BCUT2D eigenvalue weighted by Gasteiger charge is 2.47. The molecule has 6 heteroatoms. The zero-order valence-corrected chi connectivity index (χ0v) is 15.6. The van der Waals surface area contributed by atoms with Gasteiger partial charge in [0.05, 0.1) is 12.3 Å². The number of piperidine rings is 1. The van der Waals surface area contributed by atoms with Gasteiger partial charge in [-0.2, -0.15) is 0 Å². The van der Waals surface area contributed by atoms with Gasteiger partial charge < -0.3 is 4.74 Å². The van der Waals surface area contributed by atoms with E-state index in [1.54, 1.807) is 4.31 Å². The highest BCUT2D eigenvalue weighted by atomic mass is 32.2. The van der Waals surface area contributed by atoms with Crippen LogP contribution in [0, 0.1) is 5.92 Å². The van der Waals surface area contributed by atoms with E-state index in [0.29, 0.717) is 31.1 Å². The lowest BCUT2D eigenvalue weighted by Crippen LogP contribution is -2.68. The maximum atomic E-state index is 11.7. The van der Waals surface area contributed by atoms with Crippen molar-refractivity contribution in [3.63, 3.8) is 0 Å². The lowest BCUT2D eigenvalue weighted by atomic mass is 9.80.